The topological polar surface area (TPSA) is 38.3 Å². The number of ether oxygens (including phenoxy) is 1. The SMILES string of the molecule is CC(C)C(NC(=O)[C@H](C)Oc1ccc2c(c1)CCCC2)C(C)C. The predicted octanol–water partition coefficient (Wildman–Crippen LogP) is 4.13. The van der Waals surface area contributed by atoms with E-state index < -0.39 is 6.10 Å². The van der Waals surface area contributed by atoms with Crippen molar-refractivity contribution in [3.05, 3.63) is 29.3 Å². The van der Waals surface area contributed by atoms with E-state index in [4.69, 9.17) is 4.74 Å². The van der Waals surface area contributed by atoms with Crippen molar-refractivity contribution < 1.29 is 9.53 Å². The molecule has 2 rings (SSSR count). The van der Waals surface area contributed by atoms with Crippen molar-refractivity contribution in [3.8, 4) is 5.75 Å². The highest BCUT2D eigenvalue weighted by Gasteiger charge is 2.23. The second-order valence-corrected chi connectivity index (χ2v) is 7.42. The minimum atomic E-state index is -0.475. The van der Waals surface area contributed by atoms with Gasteiger partial charge in [-0.2, -0.15) is 0 Å². The largest absolute Gasteiger partial charge is 0.481 e. The molecule has 0 bridgehead atoms. The quantitative estimate of drug-likeness (QED) is 0.856. The Morgan fingerprint density at radius 3 is 2.22 bits per heavy atom. The van der Waals surface area contributed by atoms with Gasteiger partial charge in [0.1, 0.15) is 5.75 Å². The summed E-state index contributed by atoms with van der Waals surface area (Å²) in [6.45, 7) is 10.4. The second-order valence-electron chi connectivity index (χ2n) is 7.42. The molecule has 0 saturated heterocycles. The van der Waals surface area contributed by atoms with Crippen LogP contribution in [0.25, 0.3) is 0 Å². The van der Waals surface area contributed by atoms with Crippen LogP contribution >= 0.6 is 0 Å². The van der Waals surface area contributed by atoms with E-state index >= 15 is 0 Å². The van der Waals surface area contributed by atoms with Crippen molar-refractivity contribution >= 4 is 5.91 Å². The number of nitrogens with one attached hydrogen (secondary N) is 1. The summed E-state index contributed by atoms with van der Waals surface area (Å²) in [7, 11) is 0. The fourth-order valence-corrected chi connectivity index (χ4v) is 3.43. The monoisotopic (exact) mass is 317 g/mol. The smallest absolute Gasteiger partial charge is 0.261 e. The summed E-state index contributed by atoms with van der Waals surface area (Å²) < 4.78 is 5.89. The van der Waals surface area contributed by atoms with Gasteiger partial charge in [0.05, 0.1) is 0 Å². The van der Waals surface area contributed by atoms with E-state index in [-0.39, 0.29) is 11.9 Å². The van der Waals surface area contributed by atoms with Crippen LogP contribution < -0.4 is 10.1 Å². The highest BCUT2D eigenvalue weighted by molar-refractivity contribution is 5.81. The van der Waals surface area contributed by atoms with Crippen LogP contribution in [0.15, 0.2) is 18.2 Å². The predicted molar refractivity (Wildman–Crippen MR) is 94.8 cm³/mol. The molecule has 128 valence electrons. The van der Waals surface area contributed by atoms with Crippen LogP contribution in [0.4, 0.5) is 0 Å². The molecule has 0 unspecified atom stereocenters. The molecule has 23 heavy (non-hydrogen) atoms. The molecule has 1 N–H and O–H groups in total. The summed E-state index contributed by atoms with van der Waals surface area (Å²) in [6, 6.07) is 6.44. The summed E-state index contributed by atoms with van der Waals surface area (Å²) in [6.07, 6.45) is 4.33. The number of amides is 1. The van der Waals surface area contributed by atoms with E-state index in [0.717, 1.165) is 18.6 Å². The van der Waals surface area contributed by atoms with Gasteiger partial charge in [-0.3, -0.25) is 4.79 Å². The Bertz CT molecular complexity index is 528. The lowest BCUT2D eigenvalue weighted by Gasteiger charge is -2.27. The van der Waals surface area contributed by atoms with E-state index in [9.17, 15) is 4.79 Å². The zero-order valence-corrected chi connectivity index (χ0v) is 15.2. The van der Waals surface area contributed by atoms with Gasteiger partial charge < -0.3 is 10.1 Å². The zero-order chi connectivity index (χ0) is 17.0. The van der Waals surface area contributed by atoms with E-state index in [1.54, 1.807) is 0 Å². The van der Waals surface area contributed by atoms with Gasteiger partial charge in [-0.25, -0.2) is 0 Å². The molecule has 1 aromatic carbocycles. The van der Waals surface area contributed by atoms with E-state index in [1.807, 2.05) is 13.0 Å². The van der Waals surface area contributed by atoms with Gasteiger partial charge in [-0.05, 0) is 67.7 Å². The van der Waals surface area contributed by atoms with Crippen LogP contribution in [-0.4, -0.2) is 18.1 Å². The van der Waals surface area contributed by atoms with Gasteiger partial charge in [-0.1, -0.05) is 33.8 Å². The maximum atomic E-state index is 12.4. The maximum absolute atomic E-state index is 12.4. The standard InChI is InChI=1S/C20H31NO2/c1-13(2)19(14(3)4)21-20(22)15(5)23-18-11-10-16-8-6-7-9-17(16)12-18/h10-15,19H,6-9H2,1-5H3,(H,21,22)/t15-/m0/s1. The third-order valence-electron chi connectivity index (χ3n) is 4.75. The number of fused-ring (bicyclic) bond motifs is 1. The van der Waals surface area contributed by atoms with Crippen LogP contribution in [0.3, 0.4) is 0 Å². The zero-order valence-electron chi connectivity index (χ0n) is 15.2. The number of carbonyl (C=O) groups is 1. The molecule has 3 heteroatoms. The first-order chi connectivity index (χ1) is 10.9. The number of aryl methyl sites for hydroxylation is 2. The molecule has 1 aromatic rings. The summed E-state index contributed by atoms with van der Waals surface area (Å²) in [5.74, 6) is 1.60. The molecule has 1 atom stereocenters. The van der Waals surface area contributed by atoms with Gasteiger partial charge in [-0.15, -0.1) is 0 Å². The number of hydrogen-bond donors (Lipinski definition) is 1. The van der Waals surface area contributed by atoms with Gasteiger partial charge in [0, 0.05) is 6.04 Å². The van der Waals surface area contributed by atoms with E-state index in [1.165, 1.54) is 24.0 Å². The number of carbonyl (C=O) groups excluding carboxylic acids is 1. The third kappa shape index (κ3) is 4.73. The van der Waals surface area contributed by atoms with Gasteiger partial charge in [0.25, 0.3) is 5.91 Å². The van der Waals surface area contributed by atoms with Crippen LogP contribution in [0, 0.1) is 11.8 Å². The summed E-state index contributed by atoms with van der Waals surface area (Å²) in [5, 5.41) is 3.13. The molecule has 0 heterocycles. The van der Waals surface area contributed by atoms with Gasteiger partial charge in [0.15, 0.2) is 6.10 Å². The molecule has 1 amide bonds. The number of rotatable bonds is 6. The summed E-state index contributed by atoms with van der Waals surface area (Å²) in [4.78, 5) is 12.4. The highest BCUT2D eigenvalue weighted by Crippen LogP contribution is 2.26. The van der Waals surface area contributed by atoms with Crippen molar-refractivity contribution in [3.63, 3.8) is 0 Å². The van der Waals surface area contributed by atoms with Crippen molar-refractivity contribution in [1.82, 2.24) is 5.32 Å². The second kappa shape index (κ2) is 7.85. The van der Waals surface area contributed by atoms with Gasteiger partial charge >= 0.3 is 0 Å². The Balaban J connectivity index is 1.98. The lowest BCUT2D eigenvalue weighted by Crippen LogP contribution is -2.47. The fraction of sp³-hybridized carbons (Fsp3) is 0.650. The lowest BCUT2D eigenvalue weighted by molar-refractivity contribution is -0.128. The molecule has 0 aliphatic heterocycles. The Hall–Kier alpha value is -1.51. The van der Waals surface area contributed by atoms with Crippen molar-refractivity contribution in [2.45, 2.75) is 72.4 Å². The van der Waals surface area contributed by atoms with Crippen LogP contribution in [0.5, 0.6) is 5.75 Å². The summed E-state index contributed by atoms with van der Waals surface area (Å²) in [5.41, 5.74) is 2.81. The normalized spacial score (nSPS) is 15.7. The Kier molecular flexibility index (Phi) is 6.09. The van der Waals surface area contributed by atoms with Crippen molar-refractivity contribution in [2.75, 3.05) is 0 Å². The third-order valence-corrected chi connectivity index (χ3v) is 4.75. The first-order valence-electron chi connectivity index (χ1n) is 8.97. The molecular formula is C20H31NO2. The molecule has 1 aliphatic rings. The van der Waals surface area contributed by atoms with Gasteiger partial charge in [0.2, 0.25) is 0 Å². The number of hydrogen-bond acceptors (Lipinski definition) is 2. The Morgan fingerprint density at radius 1 is 1.00 bits per heavy atom. The highest BCUT2D eigenvalue weighted by atomic mass is 16.5. The average molecular weight is 317 g/mol. The molecule has 0 saturated carbocycles. The van der Waals surface area contributed by atoms with Crippen molar-refractivity contribution in [1.29, 1.82) is 0 Å². The number of benzene rings is 1. The van der Waals surface area contributed by atoms with Crippen LogP contribution in [0.1, 0.15) is 58.6 Å². The van der Waals surface area contributed by atoms with Crippen LogP contribution in [-0.2, 0) is 17.6 Å². The average Bonchev–Trinajstić information content (AvgIpc) is 2.51. The Morgan fingerprint density at radius 2 is 1.61 bits per heavy atom. The first kappa shape index (κ1) is 17.8. The minimum Gasteiger partial charge on any atom is -0.481 e. The lowest BCUT2D eigenvalue weighted by atomic mass is 9.92. The molecule has 3 nitrogen and oxygen atoms in total. The molecule has 0 spiro atoms. The molecular weight excluding hydrogens is 286 g/mol. The molecule has 0 aromatic heterocycles. The molecule has 0 radical (unpaired) electrons. The Labute approximate surface area is 140 Å². The first-order valence-corrected chi connectivity index (χ1v) is 8.97. The van der Waals surface area contributed by atoms with Crippen LogP contribution in [0.2, 0.25) is 0 Å². The summed E-state index contributed by atoms with van der Waals surface area (Å²) >= 11 is 0. The molecule has 0 fully saturated rings. The fourth-order valence-electron chi connectivity index (χ4n) is 3.43. The molecule has 1 aliphatic carbocycles. The minimum absolute atomic E-state index is 0.0323. The van der Waals surface area contributed by atoms with Crippen molar-refractivity contribution in [2.24, 2.45) is 11.8 Å². The van der Waals surface area contributed by atoms with E-state index in [2.05, 4.69) is 45.1 Å². The van der Waals surface area contributed by atoms with E-state index in [0.29, 0.717) is 11.8 Å². The maximum Gasteiger partial charge on any atom is 0.261 e.